The molecule has 2 aliphatic heterocycles. The molecule has 1 atom stereocenters. The first kappa shape index (κ1) is 23.1. The Morgan fingerprint density at radius 2 is 1.67 bits per heavy atom. The van der Waals surface area contributed by atoms with Crippen LogP contribution in [0.4, 0.5) is 17.1 Å². The molecule has 2 heterocycles. The Labute approximate surface area is 197 Å². The third-order valence-electron chi connectivity index (χ3n) is 6.88. The molecule has 2 aromatic carbocycles. The van der Waals surface area contributed by atoms with Crippen LogP contribution >= 0.6 is 0 Å². The van der Waals surface area contributed by atoms with Crippen molar-refractivity contribution in [1.82, 2.24) is 10.6 Å². The van der Waals surface area contributed by atoms with Gasteiger partial charge in [-0.15, -0.1) is 0 Å². The van der Waals surface area contributed by atoms with Crippen molar-refractivity contribution in [3.63, 3.8) is 0 Å². The van der Waals surface area contributed by atoms with Crippen molar-refractivity contribution in [3.05, 3.63) is 54.1 Å². The minimum Gasteiger partial charge on any atom is -0.371 e. The molecule has 6 nitrogen and oxygen atoms in total. The van der Waals surface area contributed by atoms with Gasteiger partial charge in [-0.05, 0) is 73.1 Å². The first-order valence-corrected chi connectivity index (χ1v) is 12.1. The number of rotatable bonds is 8. The number of carbonyl (C=O) groups is 2. The maximum atomic E-state index is 12.0. The number of carbonyl (C=O) groups excluding carboxylic acids is 2. The van der Waals surface area contributed by atoms with E-state index in [1.807, 2.05) is 0 Å². The SMILES string of the molecule is CC1(C)CCN(c2ccc(Nc3ccc(CCCNC(=O)C4CNC(=O)C4)cc3)cc2)CC1. The number of anilines is 3. The van der Waals surface area contributed by atoms with Crippen LogP contribution in [-0.2, 0) is 16.0 Å². The normalized spacial score (nSPS) is 19.8. The molecule has 0 bridgehead atoms. The molecular weight excluding hydrogens is 412 g/mol. The Morgan fingerprint density at radius 1 is 1.03 bits per heavy atom. The summed E-state index contributed by atoms with van der Waals surface area (Å²) in [5.41, 5.74) is 5.17. The number of amides is 2. The van der Waals surface area contributed by atoms with E-state index in [-0.39, 0.29) is 17.7 Å². The van der Waals surface area contributed by atoms with E-state index in [2.05, 4.69) is 83.2 Å². The van der Waals surface area contributed by atoms with Crippen LogP contribution in [0.3, 0.4) is 0 Å². The fourth-order valence-electron chi connectivity index (χ4n) is 4.49. The van der Waals surface area contributed by atoms with Gasteiger partial charge in [0.15, 0.2) is 0 Å². The van der Waals surface area contributed by atoms with Crippen molar-refractivity contribution < 1.29 is 9.59 Å². The van der Waals surface area contributed by atoms with Gasteiger partial charge in [0.1, 0.15) is 0 Å². The molecule has 2 aromatic rings. The minimum absolute atomic E-state index is 0.0250. The van der Waals surface area contributed by atoms with Crippen LogP contribution in [0.15, 0.2) is 48.5 Å². The zero-order valence-corrected chi connectivity index (χ0v) is 19.8. The average Bonchev–Trinajstić information content (AvgIpc) is 3.25. The Hall–Kier alpha value is -3.02. The number of aryl methyl sites for hydroxylation is 1. The van der Waals surface area contributed by atoms with E-state index in [1.54, 1.807) is 0 Å². The predicted molar refractivity (Wildman–Crippen MR) is 134 cm³/mol. The van der Waals surface area contributed by atoms with Crippen LogP contribution in [0.2, 0.25) is 0 Å². The summed E-state index contributed by atoms with van der Waals surface area (Å²) in [7, 11) is 0. The van der Waals surface area contributed by atoms with Gasteiger partial charge in [0, 0.05) is 49.7 Å². The molecule has 2 amide bonds. The molecule has 0 spiro atoms. The van der Waals surface area contributed by atoms with Gasteiger partial charge in [-0.2, -0.15) is 0 Å². The topological polar surface area (TPSA) is 73.5 Å². The number of nitrogens with zero attached hydrogens (tertiary/aromatic N) is 1. The maximum absolute atomic E-state index is 12.0. The van der Waals surface area contributed by atoms with Crippen LogP contribution < -0.4 is 20.9 Å². The van der Waals surface area contributed by atoms with Crippen LogP contribution in [0.25, 0.3) is 0 Å². The molecule has 2 saturated heterocycles. The second kappa shape index (κ2) is 10.3. The maximum Gasteiger partial charge on any atom is 0.225 e. The minimum atomic E-state index is -0.219. The highest BCUT2D eigenvalue weighted by molar-refractivity contribution is 5.89. The molecule has 0 aliphatic carbocycles. The average molecular weight is 449 g/mol. The summed E-state index contributed by atoms with van der Waals surface area (Å²) in [6.45, 7) is 8.06. The number of piperidine rings is 1. The second-order valence-electron chi connectivity index (χ2n) is 10.1. The molecule has 2 fully saturated rings. The van der Waals surface area contributed by atoms with Gasteiger partial charge >= 0.3 is 0 Å². The molecule has 0 saturated carbocycles. The highest BCUT2D eigenvalue weighted by atomic mass is 16.2. The number of benzene rings is 2. The predicted octanol–water partition coefficient (Wildman–Crippen LogP) is 4.24. The Balaban J connectivity index is 1.19. The Morgan fingerprint density at radius 3 is 2.27 bits per heavy atom. The fourth-order valence-corrected chi connectivity index (χ4v) is 4.49. The molecule has 1 unspecified atom stereocenters. The number of hydrogen-bond acceptors (Lipinski definition) is 4. The van der Waals surface area contributed by atoms with Crippen molar-refractivity contribution in [2.75, 3.05) is 36.4 Å². The summed E-state index contributed by atoms with van der Waals surface area (Å²) in [5, 5.41) is 9.13. The zero-order valence-electron chi connectivity index (χ0n) is 19.8. The Bertz CT molecular complexity index is 943. The summed E-state index contributed by atoms with van der Waals surface area (Å²) < 4.78 is 0. The van der Waals surface area contributed by atoms with E-state index < -0.39 is 0 Å². The summed E-state index contributed by atoms with van der Waals surface area (Å²) in [5.74, 6) is -0.280. The van der Waals surface area contributed by atoms with Crippen molar-refractivity contribution in [2.45, 2.75) is 46.0 Å². The van der Waals surface area contributed by atoms with E-state index in [1.165, 1.54) is 24.1 Å². The molecule has 0 aromatic heterocycles. The van der Waals surface area contributed by atoms with Crippen molar-refractivity contribution in [1.29, 1.82) is 0 Å². The summed E-state index contributed by atoms with van der Waals surface area (Å²) in [6, 6.07) is 17.2. The summed E-state index contributed by atoms with van der Waals surface area (Å²) >= 11 is 0. The van der Waals surface area contributed by atoms with Gasteiger partial charge in [0.05, 0.1) is 5.92 Å². The molecule has 33 heavy (non-hydrogen) atoms. The van der Waals surface area contributed by atoms with Crippen molar-refractivity contribution in [3.8, 4) is 0 Å². The van der Waals surface area contributed by atoms with Gasteiger partial charge < -0.3 is 20.9 Å². The van der Waals surface area contributed by atoms with Crippen LogP contribution in [0.1, 0.15) is 45.1 Å². The van der Waals surface area contributed by atoms with Gasteiger partial charge in [0.2, 0.25) is 11.8 Å². The molecular formula is C27H36N4O2. The number of nitrogens with one attached hydrogen (secondary N) is 3. The third kappa shape index (κ3) is 6.50. The first-order valence-electron chi connectivity index (χ1n) is 12.1. The lowest BCUT2D eigenvalue weighted by Crippen LogP contribution is -2.37. The lowest BCUT2D eigenvalue weighted by atomic mass is 9.82. The second-order valence-corrected chi connectivity index (χ2v) is 10.1. The van der Waals surface area contributed by atoms with Crippen LogP contribution in [0, 0.1) is 11.3 Å². The molecule has 6 heteroatoms. The van der Waals surface area contributed by atoms with Gasteiger partial charge in [0.25, 0.3) is 0 Å². The lowest BCUT2D eigenvalue weighted by Gasteiger charge is -2.38. The molecule has 0 radical (unpaired) electrons. The van der Waals surface area contributed by atoms with Gasteiger partial charge in [-0.1, -0.05) is 26.0 Å². The molecule has 4 rings (SSSR count). The van der Waals surface area contributed by atoms with Crippen molar-refractivity contribution >= 4 is 28.9 Å². The largest absolute Gasteiger partial charge is 0.371 e. The smallest absolute Gasteiger partial charge is 0.225 e. The monoisotopic (exact) mass is 448 g/mol. The fraction of sp³-hybridized carbons (Fsp3) is 0.481. The molecule has 3 N–H and O–H groups in total. The van der Waals surface area contributed by atoms with Crippen molar-refractivity contribution in [2.24, 2.45) is 11.3 Å². The van der Waals surface area contributed by atoms with E-state index in [0.717, 1.165) is 37.3 Å². The standard InChI is InChI=1S/C27H36N4O2/c1-27(2)13-16-31(17-14-27)24-11-9-23(10-12-24)30-22-7-5-20(6-8-22)4-3-15-28-26(33)21-18-25(32)29-19-21/h5-12,21,30H,3-4,13-19H2,1-2H3,(H,28,33)(H,29,32). The van der Waals surface area contributed by atoms with E-state index >= 15 is 0 Å². The first-order chi connectivity index (χ1) is 15.9. The summed E-state index contributed by atoms with van der Waals surface area (Å²) in [4.78, 5) is 25.7. The lowest BCUT2D eigenvalue weighted by molar-refractivity contribution is -0.126. The molecule has 176 valence electrons. The number of hydrogen-bond donors (Lipinski definition) is 3. The van der Waals surface area contributed by atoms with Crippen LogP contribution in [-0.4, -0.2) is 38.0 Å². The quantitative estimate of drug-likeness (QED) is 0.528. The van der Waals surface area contributed by atoms with Gasteiger partial charge in [-0.3, -0.25) is 9.59 Å². The highest BCUT2D eigenvalue weighted by Crippen LogP contribution is 2.32. The van der Waals surface area contributed by atoms with E-state index in [9.17, 15) is 9.59 Å². The van der Waals surface area contributed by atoms with Crippen LogP contribution in [0.5, 0.6) is 0 Å². The van der Waals surface area contributed by atoms with E-state index in [0.29, 0.717) is 24.9 Å². The zero-order chi connectivity index (χ0) is 23.3. The Kier molecular flexibility index (Phi) is 7.21. The summed E-state index contributed by atoms with van der Waals surface area (Å²) in [6.07, 6.45) is 4.57. The van der Waals surface area contributed by atoms with E-state index in [4.69, 9.17) is 0 Å². The van der Waals surface area contributed by atoms with Gasteiger partial charge in [-0.25, -0.2) is 0 Å². The molecule has 2 aliphatic rings. The third-order valence-corrected chi connectivity index (χ3v) is 6.88. The highest BCUT2D eigenvalue weighted by Gasteiger charge is 2.27.